The van der Waals surface area contributed by atoms with E-state index in [2.05, 4.69) is 174 Å². The fourth-order valence-corrected chi connectivity index (χ4v) is 10.5. The molecule has 0 radical (unpaired) electrons. The largest absolute Gasteiger partial charge is 0.311 e. The molecule has 0 aromatic heterocycles. The van der Waals surface area contributed by atoms with Crippen molar-refractivity contribution in [2.75, 3.05) is 4.90 Å². The maximum absolute atomic E-state index is 4.60. The predicted octanol–water partition coefficient (Wildman–Crippen LogP) is 12.7. The summed E-state index contributed by atoms with van der Waals surface area (Å²) < 4.78 is 0. The topological polar surface area (TPSA) is 3.24 Å². The van der Waals surface area contributed by atoms with Gasteiger partial charge in [-0.1, -0.05) is 156 Å². The Balaban J connectivity index is 1.53. The summed E-state index contributed by atoms with van der Waals surface area (Å²) in [5.41, 5.74) is 21.4. The van der Waals surface area contributed by atoms with Crippen molar-refractivity contribution in [3.63, 3.8) is 0 Å². The second-order valence-corrected chi connectivity index (χ2v) is 20.9. The Labute approximate surface area is 322 Å². The van der Waals surface area contributed by atoms with Crippen molar-refractivity contribution in [1.29, 1.82) is 0 Å². The van der Waals surface area contributed by atoms with E-state index in [4.69, 9.17) is 0 Å². The van der Waals surface area contributed by atoms with Crippen LogP contribution in [0.2, 0.25) is 0 Å². The highest BCUT2D eigenvalue weighted by molar-refractivity contribution is 7.02. The van der Waals surface area contributed by atoms with Gasteiger partial charge in [0.1, 0.15) is 0 Å². The molecular weight excluding hydrogens is 637 g/mol. The standard InChI is InChI=1S/C51H62BN/c1-31-28-42(36-18-16-15-17-35(36)33(31)3)52-40-21-19-34(47(4,5)6)29-44(40)53(43-30-39-38(27-32(43)2)49(9,10)23-24-50(39,11)12)46-41(52)22-20-37-45(46)51(13,14)26-25-48(37,7)8/h15-22,27-31H,3,23-26H2,1-2,4-14H3/t31-/m0/s1. The molecule has 2 heteroatoms. The second-order valence-electron chi connectivity index (χ2n) is 20.9. The third kappa shape index (κ3) is 5.47. The first-order valence-electron chi connectivity index (χ1n) is 20.4. The van der Waals surface area contributed by atoms with Crippen molar-refractivity contribution >= 4 is 45.7 Å². The molecule has 1 nitrogen and oxygen atoms in total. The summed E-state index contributed by atoms with van der Waals surface area (Å²) in [4.78, 5) is 2.77. The lowest BCUT2D eigenvalue weighted by molar-refractivity contribution is 0.331. The van der Waals surface area contributed by atoms with E-state index in [1.807, 2.05) is 0 Å². The zero-order valence-corrected chi connectivity index (χ0v) is 35.1. The van der Waals surface area contributed by atoms with Crippen LogP contribution in [0.25, 0.3) is 11.0 Å². The van der Waals surface area contributed by atoms with Crippen LogP contribution >= 0.6 is 0 Å². The van der Waals surface area contributed by atoms with E-state index in [9.17, 15) is 0 Å². The molecule has 4 aliphatic rings. The molecule has 0 fully saturated rings. The van der Waals surface area contributed by atoms with Crippen molar-refractivity contribution in [1.82, 2.24) is 0 Å². The van der Waals surface area contributed by atoms with Gasteiger partial charge in [-0.05, 0) is 139 Å². The van der Waals surface area contributed by atoms with Gasteiger partial charge in [-0.15, -0.1) is 0 Å². The first-order valence-corrected chi connectivity index (χ1v) is 20.4. The van der Waals surface area contributed by atoms with Crippen LogP contribution in [0.15, 0.2) is 79.4 Å². The lowest BCUT2D eigenvalue weighted by Gasteiger charge is -2.49. The van der Waals surface area contributed by atoms with Crippen molar-refractivity contribution in [2.45, 2.75) is 143 Å². The van der Waals surface area contributed by atoms with Gasteiger partial charge in [0.25, 0.3) is 0 Å². The summed E-state index contributed by atoms with van der Waals surface area (Å²) in [5, 5.41) is 0. The fourth-order valence-electron chi connectivity index (χ4n) is 10.5. The third-order valence-corrected chi connectivity index (χ3v) is 14.3. The minimum atomic E-state index is 0.00766. The van der Waals surface area contributed by atoms with Gasteiger partial charge in [-0.3, -0.25) is 0 Å². The average Bonchev–Trinajstić information content (AvgIpc) is 3.08. The highest BCUT2D eigenvalue weighted by Crippen LogP contribution is 2.55. The zero-order chi connectivity index (χ0) is 38.2. The molecule has 0 saturated carbocycles. The molecule has 1 aliphatic heterocycles. The first-order chi connectivity index (χ1) is 24.6. The Hall–Kier alpha value is -3.78. The van der Waals surface area contributed by atoms with Gasteiger partial charge in [0.15, 0.2) is 0 Å². The van der Waals surface area contributed by atoms with Gasteiger partial charge in [0.2, 0.25) is 6.71 Å². The second kappa shape index (κ2) is 11.6. The molecule has 8 rings (SSSR count). The van der Waals surface area contributed by atoms with E-state index in [0.29, 0.717) is 0 Å². The van der Waals surface area contributed by atoms with Gasteiger partial charge >= 0.3 is 0 Å². The molecule has 4 aromatic carbocycles. The number of hydrogen-bond acceptors (Lipinski definition) is 1. The molecule has 4 aromatic rings. The van der Waals surface area contributed by atoms with Gasteiger partial charge < -0.3 is 4.90 Å². The Bertz CT molecular complexity index is 2230. The Morgan fingerprint density at radius 2 is 1.23 bits per heavy atom. The quantitative estimate of drug-likeness (QED) is 0.188. The molecule has 274 valence electrons. The number of aryl methyl sites for hydroxylation is 1. The molecule has 1 heterocycles. The third-order valence-electron chi connectivity index (χ3n) is 14.3. The van der Waals surface area contributed by atoms with E-state index in [1.54, 1.807) is 5.56 Å². The Morgan fingerprint density at radius 3 is 1.87 bits per heavy atom. The van der Waals surface area contributed by atoms with Crippen molar-refractivity contribution < 1.29 is 0 Å². The van der Waals surface area contributed by atoms with E-state index in [1.165, 1.54) is 104 Å². The number of fused-ring (bicyclic) bond motifs is 6. The molecule has 0 N–H and O–H groups in total. The van der Waals surface area contributed by atoms with Gasteiger partial charge in [0.05, 0.1) is 0 Å². The van der Waals surface area contributed by atoms with E-state index in [-0.39, 0.29) is 39.7 Å². The van der Waals surface area contributed by atoms with E-state index in [0.717, 1.165) is 0 Å². The van der Waals surface area contributed by atoms with Crippen LogP contribution in [0.3, 0.4) is 0 Å². The minimum Gasteiger partial charge on any atom is -0.311 e. The van der Waals surface area contributed by atoms with Crippen LogP contribution in [0, 0.1) is 12.8 Å². The molecule has 0 unspecified atom stereocenters. The molecule has 53 heavy (non-hydrogen) atoms. The molecule has 1 atom stereocenters. The van der Waals surface area contributed by atoms with Crippen LogP contribution in [-0.4, -0.2) is 6.71 Å². The summed E-state index contributed by atoms with van der Waals surface area (Å²) in [5.74, 6) is 0.264. The highest BCUT2D eigenvalue weighted by atomic mass is 15.2. The van der Waals surface area contributed by atoms with Crippen molar-refractivity contribution in [2.24, 2.45) is 5.92 Å². The molecule has 3 aliphatic carbocycles. The number of allylic oxidation sites excluding steroid dienone is 2. The Kier molecular flexibility index (Phi) is 7.94. The molecule has 0 spiro atoms. The maximum atomic E-state index is 4.60. The van der Waals surface area contributed by atoms with Crippen molar-refractivity contribution in [3.8, 4) is 0 Å². The van der Waals surface area contributed by atoms with Gasteiger partial charge in [0, 0.05) is 17.1 Å². The molecule has 0 bridgehead atoms. The number of hydrogen-bond donors (Lipinski definition) is 0. The maximum Gasteiger partial charge on any atom is 0.247 e. The lowest BCUT2D eigenvalue weighted by Crippen LogP contribution is -2.53. The van der Waals surface area contributed by atoms with Crippen LogP contribution in [-0.2, 0) is 27.1 Å². The van der Waals surface area contributed by atoms with Crippen LogP contribution in [0.4, 0.5) is 17.1 Å². The monoisotopic (exact) mass is 699 g/mol. The fraction of sp³-hybridized carbons (Fsp3) is 0.451. The van der Waals surface area contributed by atoms with E-state index >= 15 is 0 Å². The van der Waals surface area contributed by atoms with Gasteiger partial charge in [-0.2, -0.15) is 0 Å². The van der Waals surface area contributed by atoms with Crippen LogP contribution in [0.5, 0.6) is 0 Å². The summed E-state index contributed by atoms with van der Waals surface area (Å²) in [7, 11) is 0. The number of anilines is 3. The summed E-state index contributed by atoms with van der Waals surface area (Å²) in [6.07, 6.45) is 7.32. The zero-order valence-electron chi connectivity index (χ0n) is 35.1. The molecular formula is C51H62BN. The predicted molar refractivity (Wildman–Crippen MR) is 233 cm³/mol. The van der Waals surface area contributed by atoms with Crippen LogP contribution in [0.1, 0.15) is 153 Å². The number of nitrogens with zero attached hydrogens (tertiary/aromatic N) is 1. The van der Waals surface area contributed by atoms with Crippen molar-refractivity contribution in [3.05, 3.63) is 124 Å². The van der Waals surface area contributed by atoms with Gasteiger partial charge in [-0.25, -0.2) is 0 Å². The minimum absolute atomic E-state index is 0.00766. The smallest absolute Gasteiger partial charge is 0.247 e. The number of benzene rings is 4. The molecule has 0 amide bonds. The average molecular weight is 700 g/mol. The summed E-state index contributed by atoms with van der Waals surface area (Å²) in [6, 6.07) is 26.8. The summed E-state index contributed by atoms with van der Waals surface area (Å²) in [6.45, 7) is 36.3. The first kappa shape index (κ1) is 36.2. The normalized spacial score (nSPS) is 21.9. The summed E-state index contributed by atoms with van der Waals surface area (Å²) >= 11 is 0. The SMILES string of the molecule is C=C1c2ccccc2C(B2c3ccc(C(C)(C)C)cc3N(c3cc4c(cc3C)C(C)(C)CCC4(C)C)c3c2ccc2c3C(C)(C)CCC2(C)C)=C[C@@H]1C. The highest BCUT2D eigenvalue weighted by Gasteiger charge is 2.47. The number of rotatable bonds is 2. The molecule has 0 saturated heterocycles. The van der Waals surface area contributed by atoms with E-state index < -0.39 is 0 Å². The Morgan fingerprint density at radius 1 is 0.660 bits per heavy atom. The van der Waals surface area contributed by atoms with Crippen LogP contribution < -0.4 is 15.8 Å². The lowest BCUT2D eigenvalue weighted by atomic mass is 9.32.